The van der Waals surface area contributed by atoms with Gasteiger partial charge in [-0.05, 0) is 0 Å². The van der Waals surface area contributed by atoms with E-state index >= 15 is 0 Å². The molecule has 0 saturated carbocycles. The van der Waals surface area contributed by atoms with Crippen LogP contribution in [0, 0.1) is 0 Å². The summed E-state index contributed by atoms with van der Waals surface area (Å²) in [5, 5.41) is 19.6. The predicted molar refractivity (Wildman–Crippen MR) is 94.8 cm³/mol. The summed E-state index contributed by atoms with van der Waals surface area (Å²) in [7, 11) is 0. The molecular weight excluding hydrogens is 371 g/mol. The molecule has 0 bridgehead atoms. The number of aromatic hydroxyl groups is 2. The van der Waals surface area contributed by atoms with Crippen molar-refractivity contribution in [3.63, 3.8) is 0 Å². The maximum atomic E-state index is 12.9. The van der Waals surface area contributed by atoms with Gasteiger partial charge >= 0.3 is 147 Å². The number of hydrogen-bond acceptors (Lipinski definition) is 4. The van der Waals surface area contributed by atoms with Crippen LogP contribution in [0.25, 0.3) is 6.08 Å². The van der Waals surface area contributed by atoms with Crippen molar-refractivity contribution in [2.45, 2.75) is 6.92 Å². The fourth-order valence-electron chi connectivity index (χ4n) is 2.60. The van der Waals surface area contributed by atoms with Gasteiger partial charge in [-0.15, -0.1) is 0 Å². The third-order valence-electron chi connectivity index (χ3n) is 3.80. The second kappa shape index (κ2) is 6.51. The molecule has 24 heavy (non-hydrogen) atoms. The van der Waals surface area contributed by atoms with Gasteiger partial charge in [0.05, 0.1) is 0 Å². The van der Waals surface area contributed by atoms with Crippen molar-refractivity contribution < 1.29 is 15.0 Å². The van der Waals surface area contributed by atoms with Crippen molar-refractivity contribution in [3.05, 3.63) is 59.8 Å². The van der Waals surface area contributed by atoms with Crippen LogP contribution in [0.2, 0.25) is 0 Å². The molecule has 0 aromatic heterocycles. The molecule has 3 rings (SSSR count). The van der Waals surface area contributed by atoms with E-state index in [2.05, 4.69) is 15.6 Å². The molecule has 0 unspecified atom stereocenters. The Morgan fingerprint density at radius 1 is 1.08 bits per heavy atom. The SMILES string of the molecule is CCN1C(=[Se])N(c2ccccc2)C(=O)/C1=C\c1cccc(O)c1O. The number of likely N-dealkylation sites (N-methyl/N-ethyl adjacent to an activating group) is 1. The van der Waals surface area contributed by atoms with Gasteiger partial charge in [0, 0.05) is 0 Å². The normalized spacial score (nSPS) is 16.3. The molecule has 1 saturated heterocycles. The second-order valence-electron chi connectivity index (χ2n) is 5.25. The number of rotatable bonds is 3. The standard InChI is InChI=1S/C18H16N2O3Se/c1-2-19-14(11-12-7-6-10-15(21)16(12)22)17(23)20(18(19)24)13-8-4-3-5-9-13/h3-11,21-22H,2H2,1H3/b14-11+. The summed E-state index contributed by atoms with van der Waals surface area (Å²) in [5.74, 6) is -0.654. The number of para-hydroxylation sites is 2. The fourth-order valence-corrected chi connectivity index (χ4v) is 3.48. The Kier molecular flexibility index (Phi) is 4.42. The fraction of sp³-hybridized carbons (Fsp3) is 0.111. The maximum absolute atomic E-state index is 12.9. The monoisotopic (exact) mass is 388 g/mol. The molecule has 1 fully saturated rings. The number of phenols is 2. The van der Waals surface area contributed by atoms with Gasteiger partial charge < -0.3 is 0 Å². The molecule has 6 heteroatoms. The number of anilines is 1. The quantitative estimate of drug-likeness (QED) is 0.481. The zero-order valence-electron chi connectivity index (χ0n) is 13.0. The Hall–Kier alpha value is -2.56. The molecule has 1 aliphatic heterocycles. The van der Waals surface area contributed by atoms with Crippen molar-refractivity contribution in [2.24, 2.45) is 0 Å². The number of hydrogen-bond donors (Lipinski definition) is 2. The van der Waals surface area contributed by atoms with Crippen LogP contribution in [0.5, 0.6) is 11.5 Å². The second-order valence-corrected chi connectivity index (χ2v) is 6.01. The first-order valence-corrected chi connectivity index (χ1v) is 8.34. The summed E-state index contributed by atoms with van der Waals surface area (Å²) in [4.78, 5) is 16.3. The van der Waals surface area contributed by atoms with Gasteiger partial charge in [-0.1, -0.05) is 0 Å². The molecule has 2 N–H and O–H groups in total. The van der Waals surface area contributed by atoms with Crippen LogP contribution in [0.4, 0.5) is 5.69 Å². The van der Waals surface area contributed by atoms with E-state index in [-0.39, 0.29) is 17.4 Å². The number of carbonyl (C=O) groups excluding carboxylic acids is 1. The van der Waals surface area contributed by atoms with Crippen molar-refractivity contribution in [2.75, 3.05) is 11.4 Å². The van der Waals surface area contributed by atoms with Crippen LogP contribution >= 0.6 is 0 Å². The van der Waals surface area contributed by atoms with Crippen molar-refractivity contribution in [3.8, 4) is 11.5 Å². The molecule has 5 nitrogen and oxygen atoms in total. The van der Waals surface area contributed by atoms with Gasteiger partial charge in [0.2, 0.25) is 0 Å². The summed E-state index contributed by atoms with van der Waals surface area (Å²) in [6.07, 6.45) is 1.58. The minimum atomic E-state index is -0.242. The van der Waals surface area contributed by atoms with E-state index in [4.69, 9.17) is 0 Å². The van der Waals surface area contributed by atoms with Crippen LogP contribution < -0.4 is 4.90 Å². The van der Waals surface area contributed by atoms with E-state index in [1.807, 2.05) is 42.2 Å². The minimum absolute atomic E-state index is 0.195. The molecule has 122 valence electrons. The average Bonchev–Trinajstić information content (AvgIpc) is 2.82. The van der Waals surface area contributed by atoms with Gasteiger partial charge in [0.15, 0.2) is 0 Å². The summed E-state index contributed by atoms with van der Waals surface area (Å²) in [5.41, 5.74) is 1.58. The van der Waals surface area contributed by atoms with Crippen LogP contribution in [0.1, 0.15) is 12.5 Å². The van der Waals surface area contributed by atoms with Gasteiger partial charge in [0.25, 0.3) is 0 Å². The molecular formula is C18H16N2O3Se. The third kappa shape index (κ3) is 2.70. The van der Waals surface area contributed by atoms with Crippen LogP contribution in [0.3, 0.4) is 0 Å². The molecule has 1 amide bonds. The summed E-state index contributed by atoms with van der Waals surface area (Å²) in [6, 6.07) is 14.0. The Labute approximate surface area is 147 Å². The first-order valence-electron chi connectivity index (χ1n) is 7.48. The molecule has 0 aliphatic carbocycles. The summed E-state index contributed by atoms with van der Waals surface area (Å²) in [6.45, 7) is 2.53. The van der Waals surface area contributed by atoms with E-state index < -0.39 is 0 Å². The summed E-state index contributed by atoms with van der Waals surface area (Å²) < 4.78 is 0.680. The Balaban J connectivity index is 2.07. The van der Waals surface area contributed by atoms with Crippen LogP contribution in [-0.4, -0.2) is 47.8 Å². The van der Waals surface area contributed by atoms with Crippen molar-refractivity contribution in [1.82, 2.24) is 4.90 Å². The predicted octanol–water partition coefficient (Wildman–Crippen LogP) is 2.06. The zero-order chi connectivity index (χ0) is 17.3. The number of nitrogens with zero attached hydrogens (tertiary/aromatic N) is 2. The van der Waals surface area contributed by atoms with E-state index in [0.29, 0.717) is 22.5 Å². The average molecular weight is 387 g/mol. The van der Waals surface area contributed by atoms with Crippen LogP contribution in [0.15, 0.2) is 54.2 Å². The van der Waals surface area contributed by atoms with Gasteiger partial charge in [0.1, 0.15) is 0 Å². The zero-order valence-corrected chi connectivity index (χ0v) is 14.7. The first kappa shape index (κ1) is 16.3. The van der Waals surface area contributed by atoms with E-state index in [1.165, 1.54) is 6.07 Å². The van der Waals surface area contributed by atoms with E-state index in [1.54, 1.807) is 23.1 Å². The van der Waals surface area contributed by atoms with Gasteiger partial charge in [-0.25, -0.2) is 0 Å². The Morgan fingerprint density at radius 3 is 2.46 bits per heavy atom. The van der Waals surface area contributed by atoms with E-state index in [0.717, 1.165) is 5.69 Å². The first-order chi connectivity index (χ1) is 11.5. The number of carbonyl (C=O) groups is 1. The topological polar surface area (TPSA) is 64.0 Å². The van der Waals surface area contributed by atoms with Gasteiger partial charge in [-0.2, -0.15) is 0 Å². The molecule has 0 atom stereocenters. The molecule has 0 radical (unpaired) electrons. The van der Waals surface area contributed by atoms with Crippen molar-refractivity contribution >= 4 is 37.9 Å². The number of amides is 1. The molecule has 2 aromatic carbocycles. The van der Waals surface area contributed by atoms with E-state index in [9.17, 15) is 15.0 Å². The molecule has 1 heterocycles. The van der Waals surface area contributed by atoms with Crippen molar-refractivity contribution in [1.29, 1.82) is 0 Å². The van der Waals surface area contributed by atoms with Crippen LogP contribution in [-0.2, 0) is 4.79 Å². The molecule has 0 spiro atoms. The molecule has 1 aliphatic rings. The number of benzene rings is 2. The summed E-state index contributed by atoms with van der Waals surface area (Å²) >= 11 is 2.96. The van der Waals surface area contributed by atoms with Gasteiger partial charge in [-0.3, -0.25) is 0 Å². The Bertz CT molecular complexity index is 833. The Morgan fingerprint density at radius 2 is 1.79 bits per heavy atom. The molecule has 2 aromatic rings. The third-order valence-corrected chi connectivity index (χ3v) is 4.65. The number of phenolic OH excluding ortho intramolecular Hbond substituents is 2.